The van der Waals surface area contributed by atoms with Gasteiger partial charge in [0.05, 0.1) is 12.1 Å². The van der Waals surface area contributed by atoms with Gasteiger partial charge in [-0.15, -0.1) is 0 Å². The fourth-order valence-electron chi connectivity index (χ4n) is 2.00. The lowest BCUT2D eigenvalue weighted by molar-refractivity contribution is -0.136. The van der Waals surface area contributed by atoms with Gasteiger partial charge >= 0.3 is 5.97 Å². The van der Waals surface area contributed by atoms with Crippen molar-refractivity contribution in [3.05, 3.63) is 17.8 Å². The van der Waals surface area contributed by atoms with E-state index in [1.54, 1.807) is 0 Å². The maximum Gasteiger partial charge on any atom is 0.309 e. The van der Waals surface area contributed by atoms with Crippen LogP contribution in [0.25, 0.3) is 0 Å². The molecule has 0 aromatic carbocycles. The number of aromatic nitrogens is 1. The van der Waals surface area contributed by atoms with E-state index in [1.807, 2.05) is 0 Å². The number of rotatable bonds is 3. The van der Waals surface area contributed by atoms with Crippen molar-refractivity contribution >= 4 is 5.97 Å². The molecule has 1 aliphatic heterocycles. The van der Waals surface area contributed by atoms with Crippen LogP contribution in [-0.4, -0.2) is 41.1 Å². The van der Waals surface area contributed by atoms with E-state index in [-0.39, 0.29) is 6.42 Å². The Bertz CT molecular complexity index is 367. The van der Waals surface area contributed by atoms with Crippen molar-refractivity contribution in [2.75, 3.05) is 20.1 Å². The Kier molecular flexibility index (Phi) is 3.24. The predicted octanol–water partition coefficient (Wildman–Crippen LogP) is 1.11. The molecule has 88 valence electrons. The van der Waals surface area contributed by atoms with E-state index in [9.17, 15) is 4.79 Å². The van der Waals surface area contributed by atoms with Crippen LogP contribution in [0.1, 0.15) is 30.3 Å². The normalized spacial score (nSPS) is 18.8. The van der Waals surface area contributed by atoms with Gasteiger partial charge in [-0.2, -0.15) is 0 Å². The zero-order valence-electron chi connectivity index (χ0n) is 9.35. The summed E-state index contributed by atoms with van der Waals surface area (Å²) in [6.45, 7) is 2.09. The van der Waals surface area contributed by atoms with Crippen molar-refractivity contribution in [3.8, 4) is 0 Å². The van der Waals surface area contributed by atoms with Crippen LogP contribution in [0, 0.1) is 0 Å². The van der Waals surface area contributed by atoms with Gasteiger partial charge in [0.1, 0.15) is 6.26 Å². The monoisotopic (exact) mass is 224 g/mol. The number of nitrogens with zero attached hydrogens (tertiary/aromatic N) is 2. The van der Waals surface area contributed by atoms with Crippen LogP contribution in [0.4, 0.5) is 0 Å². The Labute approximate surface area is 94.1 Å². The molecule has 2 heterocycles. The number of hydrogen-bond donors (Lipinski definition) is 1. The predicted molar refractivity (Wildman–Crippen MR) is 57.3 cm³/mol. The van der Waals surface area contributed by atoms with E-state index in [2.05, 4.69) is 16.9 Å². The number of likely N-dealkylation sites (tertiary alicyclic amines) is 1. The summed E-state index contributed by atoms with van der Waals surface area (Å²) in [4.78, 5) is 17.0. The molecule has 0 spiro atoms. The third kappa shape index (κ3) is 2.61. The molecule has 2 rings (SSSR count). The molecular formula is C11H16N2O3. The molecule has 5 nitrogen and oxygen atoms in total. The maximum absolute atomic E-state index is 10.5. The first-order valence-corrected chi connectivity index (χ1v) is 5.50. The van der Waals surface area contributed by atoms with E-state index >= 15 is 0 Å². The van der Waals surface area contributed by atoms with E-state index in [1.165, 1.54) is 6.26 Å². The maximum atomic E-state index is 10.5. The highest BCUT2D eigenvalue weighted by Gasteiger charge is 2.22. The highest BCUT2D eigenvalue weighted by atomic mass is 16.4. The molecule has 5 heteroatoms. The molecule has 16 heavy (non-hydrogen) atoms. The summed E-state index contributed by atoms with van der Waals surface area (Å²) in [5, 5.41) is 8.63. The van der Waals surface area contributed by atoms with Gasteiger partial charge in [0.25, 0.3) is 0 Å². The minimum Gasteiger partial charge on any atom is -0.481 e. The SMILES string of the molecule is CN1CCC(c2nc(CC(=O)O)co2)CC1. The smallest absolute Gasteiger partial charge is 0.309 e. The molecule has 0 unspecified atom stereocenters. The summed E-state index contributed by atoms with van der Waals surface area (Å²) in [5.41, 5.74) is 0.515. The van der Waals surface area contributed by atoms with Crippen molar-refractivity contribution in [1.82, 2.24) is 9.88 Å². The van der Waals surface area contributed by atoms with Crippen LogP contribution < -0.4 is 0 Å². The Balaban J connectivity index is 1.99. The summed E-state index contributed by atoms with van der Waals surface area (Å²) in [7, 11) is 2.10. The van der Waals surface area contributed by atoms with Crippen molar-refractivity contribution in [2.45, 2.75) is 25.2 Å². The Morgan fingerprint density at radius 3 is 2.94 bits per heavy atom. The van der Waals surface area contributed by atoms with Gasteiger partial charge in [0.2, 0.25) is 0 Å². The molecule has 1 aliphatic rings. The molecule has 0 atom stereocenters. The number of carboxylic acid groups (broad SMARTS) is 1. The average molecular weight is 224 g/mol. The summed E-state index contributed by atoms with van der Waals surface area (Å²) < 4.78 is 5.35. The summed E-state index contributed by atoms with van der Waals surface area (Å²) in [5.74, 6) is 0.173. The third-order valence-corrected chi connectivity index (χ3v) is 2.97. The topological polar surface area (TPSA) is 66.6 Å². The van der Waals surface area contributed by atoms with Gasteiger partial charge in [-0.3, -0.25) is 4.79 Å². The second kappa shape index (κ2) is 4.65. The van der Waals surface area contributed by atoms with Crippen molar-refractivity contribution in [2.24, 2.45) is 0 Å². The molecule has 0 aliphatic carbocycles. The number of carboxylic acids is 1. The first-order chi connectivity index (χ1) is 7.65. The van der Waals surface area contributed by atoms with E-state index in [0.717, 1.165) is 25.9 Å². The lowest BCUT2D eigenvalue weighted by Crippen LogP contribution is -2.29. The van der Waals surface area contributed by atoms with Crippen LogP contribution >= 0.6 is 0 Å². The molecule has 0 bridgehead atoms. The largest absolute Gasteiger partial charge is 0.481 e. The highest BCUT2D eigenvalue weighted by Crippen LogP contribution is 2.26. The number of hydrogen-bond acceptors (Lipinski definition) is 4. The average Bonchev–Trinajstić information content (AvgIpc) is 2.66. The highest BCUT2D eigenvalue weighted by molar-refractivity contribution is 5.69. The quantitative estimate of drug-likeness (QED) is 0.833. The molecule has 1 fully saturated rings. The van der Waals surface area contributed by atoms with Crippen LogP contribution in [0.2, 0.25) is 0 Å². The summed E-state index contributed by atoms with van der Waals surface area (Å²) >= 11 is 0. The third-order valence-electron chi connectivity index (χ3n) is 2.97. The number of piperidine rings is 1. The molecule has 1 aromatic heterocycles. The van der Waals surface area contributed by atoms with Crippen LogP contribution in [0.3, 0.4) is 0 Å². The molecule has 0 radical (unpaired) electrons. The lowest BCUT2D eigenvalue weighted by Gasteiger charge is -2.26. The zero-order valence-corrected chi connectivity index (χ0v) is 9.35. The molecule has 0 saturated carbocycles. The zero-order chi connectivity index (χ0) is 11.5. The second-order valence-corrected chi connectivity index (χ2v) is 4.33. The number of carbonyl (C=O) groups is 1. The lowest BCUT2D eigenvalue weighted by atomic mass is 9.97. The first-order valence-electron chi connectivity index (χ1n) is 5.50. The standard InChI is InChI=1S/C11H16N2O3/c1-13-4-2-8(3-5-13)11-12-9(7-16-11)6-10(14)15/h7-8H,2-6H2,1H3,(H,14,15). The van der Waals surface area contributed by atoms with Crippen molar-refractivity contribution in [1.29, 1.82) is 0 Å². The molecule has 1 aromatic rings. The summed E-state index contributed by atoms with van der Waals surface area (Å²) in [6, 6.07) is 0. The van der Waals surface area contributed by atoms with Crippen LogP contribution in [-0.2, 0) is 11.2 Å². The van der Waals surface area contributed by atoms with Crippen LogP contribution in [0.5, 0.6) is 0 Å². The van der Waals surface area contributed by atoms with Gasteiger partial charge in [0, 0.05) is 5.92 Å². The molecule has 1 N–H and O–H groups in total. The van der Waals surface area contributed by atoms with Crippen molar-refractivity contribution < 1.29 is 14.3 Å². The fraction of sp³-hybridized carbons (Fsp3) is 0.636. The van der Waals surface area contributed by atoms with Gasteiger partial charge in [-0.05, 0) is 33.0 Å². The van der Waals surface area contributed by atoms with E-state index in [4.69, 9.17) is 9.52 Å². The van der Waals surface area contributed by atoms with Crippen LogP contribution in [0.15, 0.2) is 10.7 Å². The number of oxazole rings is 1. The fourth-order valence-corrected chi connectivity index (χ4v) is 2.00. The summed E-state index contributed by atoms with van der Waals surface area (Å²) in [6.07, 6.45) is 3.46. The van der Waals surface area contributed by atoms with Gasteiger partial charge < -0.3 is 14.4 Å². The van der Waals surface area contributed by atoms with Gasteiger partial charge in [0.15, 0.2) is 5.89 Å². The number of aliphatic carboxylic acids is 1. The second-order valence-electron chi connectivity index (χ2n) is 4.33. The van der Waals surface area contributed by atoms with E-state index in [0.29, 0.717) is 17.5 Å². The first kappa shape index (κ1) is 11.1. The Morgan fingerprint density at radius 1 is 1.62 bits per heavy atom. The van der Waals surface area contributed by atoms with Crippen molar-refractivity contribution in [3.63, 3.8) is 0 Å². The van der Waals surface area contributed by atoms with E-state index < -0.39 is 5.97 Å². The Hall–Kier alpha value is -1.36. The molecule has 1 saturated heterocycles. The Morgan fingerprint density at radius 2 is 2.31 bits per heavy atom. The minimum absolute atomic E-state index is 0.0594. The van der Waals surface area contributed by atoms with Gasteiger partial charge in [-0.1, -0.05) is 0 Å². The molecule has 0 amide bonds. The minimum atomic E-state index is -0.872. The molecular weight excluding hydrogens is 208 g/mol. The van der Waals surface area contributed by atoms with Gasteiger partial charge in [-0.25, -0.2) is 4.98 Å².